The number of aromatic nitrogens is 1. The summed E-state index contributed by atoms with van der Waals surface area (Å²) in [7, 11) is 3.51. The summed E-state index contributed by atoms with van der Waals surface area (Å²) >= 11 is 2.96. The Kier molecular flexibility index (Phi) is 5.51. The lowest BCUT2D eigenvalue weighted by Gasteiger charge is -2.34. The van der Waals surface area contributed by atoms with Crippen molar-refractivity contribution in [3.05, 3.63) is 38.0 Å². The van der Waals surface area contributed by atoms with Crippen molar-refractivity contribution in [1.29, 1.82) is 0 Å². The van der Waals surface area contributed by atoms with Crippen molar-refractivity contribution < 1.29 is 9.59 Å². The van der Waals surface area contributed by atoms with E-state index in [2.05, 4.69) is 9.88 Å². The number of carbonyl (C=O) groups excluding carboxylic acids is 2. The number of nitrogens with zero attached hydrogens (tertiary/aromatic N) is 4. The molecule has 2 aromatic rings. The first-order valence-electron chi connectivity index (χ1n) is 8.19. The van der Waals surface area contributed by atoms with Crippen LogP contribution in [0.2, 0.25) is 0 Å². The molecule has 0 aromatic carbocycles. The van der Waals surface area contributed by atoms with E-state index in [4.69, 9.17) is 0 Å². The average Bonchev–Trinajstić information content (AvgIpc) is 3.24. The van der Waals surface area contributed by atoms with Crippen LogP contribution in [0.5, 0.6) is 0 Å². The van der Waals surface area contributed by atoms with E-state index in [1.54, 1.807) is 19.0 Å². The summed E-state index contributed by atoms with van der Waals surface area (Å²) in [5.74, 6) is 0.131. The van der Waals surface area contributed by atoms with E-state index >= 15 is 0 Å². The molecule has 0 unspecified atom stereocenters. The first-order valence-corrected chi connectivity index (χ1v) is 9.88. The van der Waals surface area contributed by atoms with Crippen molar-refractivity contribution in [2.24, 2.45) is 0 Å². The van der Waals surface area contributed by atoms with E-state index in [1.807, 2.05) is 29.3 Å². The molecule has 1 saturated heterocycles. The Labute approximate surface area is 155 Å². The highest BCUT2D eigenvalue weighted by atomic mass is 32.1. The number of rotatable bonds is 4. The van der Waals surface area contributed by atoms with Gasteiger partial charge in [-0.1, -0.05) is 6.07 Å². The SMILES string of the molecule is Cc1nc(CN2CCN(C(=O)c3cccs3)CC2)sc1C(=O)N(C)C. The summed E-state index contributed by atoms with van der Waals surface area (Å²) in [6.45, 7) is 5.72. The van der Waals surface area contributed by atoms with Gasteiger partial charge in [-0.2, -0.15) is 0 Å². The van der Waals surface area contributed by atoms with Crippen molar-refractivity contribution >= 4 is 34.5 Å². The molecule has 2 aromatic heterocycles. The fourth-order valence-electron chi connectivity index (χ4n) is 2.78. The van der Waals surface area contributed by atoms with Crippen molar-refractivity contribution in [3.8, 4) is 0 Å². The van der Waals surface area contributed by atoms with Gasteiger partial charge in [0, 0.05) is 40.3 Å². The Morgan fingerprint density at radius 1 is 1.24 bits per heavy atom. The summed E-state index contributed by atoms with van der Waals surface area (Å²) in [6.07, 6.45) is 0. The lowest BCUT2D eigenvalue weighted by Crippen LogP contribution is -2.48. The lowest BCUT2D eigenvalue weighted by molar-refractivity contribution is 0.0633. The van der Waals surface area contributed by atoms with Crippen molar-refractivity contribution in [2.45, 2.75) is 13.5 Å². The molecule has 0 radical (unpaired) electrons. The van der Waals surface area contributed by atoms with Crippen molar-refractivity contribution in [1.82, 2.24) is 19.7 Å². The average molecular weight is 379 g/mol. The Morgan fingerprint density at radius 3 is 2.56 bits per heavy atom. The summed E-state index contributed by atoms with van der Waals surface area (Å²) in [4.78, 5) is 36.4. The summed E-state index contributed by atoms with van der Waals surface area (Å²) in [5, 5.41) is 2.89. The minimum Gasteiger partial charge on any atom is -0.344 e. The second kappa shape index (κ2) is 7.63. The Hall–Kier alpha value is -1.77. The zero-order valence-electron chi connectivity index (χ0n) is 14.7. The van der Waals surface area contributed by atoms with Crippen LogP contribution in [0.3, 0.4) is 0 Å². The van der Waals surface area contributed by atoms with Gasteiger partial charge in [0.2, 0.25) is 0 Å². The van der Waals surface area contributed by atoms with E-state index in [0.717, 1.165) is 48.3 Å². The number of hydrogen-bond acceptors (Lipinski definition) is 6. The van der Waals surface area contributed by atoms with Crippen LogP contribution < -0.4 is 0 Å². The Balaban J connectivity index is 1.57. The standard InChI is InChI=1S/C17H22N4O2S2/c1-12-15(17(23)19(2)3)25-14(18-12)11-20-6-8-21(9-7-20)16(22)13-5-4-10-24-13/h4-5,10H,6-9,11H2,1-3H3. The van der Waals surface area contributed by atoms with Gasteiger partial charge in [-0.15, -0.1) is 22.7 Å². The molecule has 25 heavy (non-hydrogen) atoms. The number of carbonyl (C=O) groups is 2. The zero-order chi connectivity index (χ0) is 18.0. The molecule has 0 N–H and O–H groups in total. The minimum absolute atomic E-state index is 0.00705. The Bertz CT molecular complexity index is 747. The fourth-order valence-corrected chi connectivity index (χ4v) is 4.60. The van der Waals surface area contributed by atoms with Crippen LogP contribution in [0, 0.1) is 6.92 Å². The first-order chi connectivity index (χ1) is 12.0. The van der Waals surface area contributed by atoms with Gasteiger partial charge in [0.05, 0.1) is 17.1 Å². The second-order valence-corrected chi connectivity index (χ2v) is 8.30. The minimum atomic E-state index is 0.00705. The van der Waals surface area contributed by atoms with Crippen LogP contribution in [0.25, 0.3) is 0 Å². The number of hydrogen-bond donors (Lipinski definition) is 0. The van der Waals surface area contributed by atoms with Gasteiger partial charge in [0.1, 0.15) is 9.88 Å². The number of thiazole rings is 1. The van der Waals surface area contributed by atoms with Gasteiger partial charge in [0.15, 0.2) is 0 Å². The molecule has 8 heteroatoms. The molecule has 134 valence electrons. The molecule has 1 aliphatic rings. The maximum absolute atomic E-state index is 12.4. The van der Waals surface area contributed by atoms with Crippen LogP contribution in [-0.2, 0) is 6.54 Å². The molecule has 2 amide bonds. The van der Waals surface area contributed by atoms with Gasteiger partial charge >= 0.3 is 0 Å². The number of amides is 2. The van der Waals surface area contributed by atoms with Gasteiger partial charge in [-0.05, 0) is 18.4 Å². The van der Waals surface area contributed by atoms with Gasteiger partial charge in [-0.3, -0.25) is 14.5 Å². The molecule has 3 rings (SSSR count). The Morgan fingerprint density at radius 2 is 1.96 bits per heavy atom. The number of aryl methyl sites for hydroxylation is 1. The third-order valence-electron chi connectivity index (χ3n) is 4.19. The maximum Gasteiger partial charge on any atom is 0.265 e. The summed E-state index contributed by atoms with van der Waals surface area (Å²) in [5.41, 5.74) is 0.796. The molecule has 0 spiro atoms. The van der Waals surface area contributed by atoms with Crippen LogP contribution in [-0.4, -0.2) is 71.8 Å². The number of thiophene rings is 1. The molecule has 0 atom stereocenters. The molecule has 1 fully saturated rings. The topological polar surface area (TPSA) is 56.8 Å². The summed E-state index contributed by atoms with van der Waals surface area (Å²) in [6, 6.07) is 3.78. The molecule has 3 heterocycles. The molecule has 1 aliphatic heterocycles. The third-order valence-corrected chi connectivity index (χ3v) is 6.18. The predicted molar refractivity (Wildman–Crippen MR) is 100 cm³/mol. The van der Waals surface area contributed by atoms with Crippen molar-refractivity contribution in [2.75, 3.05) is 40.3 Å². The lowest BCUT2D eigenvalue weighted by atomic mass is 10.3. The van der Waals surface area contributed by atoms with Gasteiger partial charge in [-0.25, -0.2) is 4.98 Å². The van der Waals surface area contributed by atoms with E-state index in [0.29, 0.717) is 4.88 Å². The van der Waals surface area contributed by atoms with Crippen molar-refractivity contribution in [3.63, 3.8) is 0 Å². The largest absolute Gasteiger partial charge is 0.344 e. The van der Waals surface area contributed by atoms with Crippen LogP contribution in [0.1, 0.15) is 30.0 Å². The smallest absolute Gasteiger partial charge is 0.265 e. The van der Waals surface area contributed by atoms with Crippen LogP contribution >= 0.6 is 22.7 Å². The first kappa shape index (κ1) is 18.0. The molecule has 6 nitrogen and oxygen atoms in total. The molecule has 0 aliphatic carbocycles. The third kappa shape index (κ3) is 4.08. The molecular weight excluding hydrogens is 356 g/mol. The predicted octanol–water partition coefficient (Wildman–Crippen LogP) is 2.17. The quantitative estimate of drug-likeness (QED) is 0.818. The van der Waals surface area contributed by atoms with E-state index in [1.165, 1.54) is 22.7 Å². The van der Waals surface area contributed by atoms with Gasteiger partial charge in [0.25, 0.3) is 11.8 Å². The highest BCUT2D eigenvalue weighted by Gasteiger charge is 2.24. The van der Waals surface area contributed by atoms with E-state index in [-0.39, 0.29) is 11.8 Å². The van der Waals surface area contributed by atoms with E-state index < -0.39 is 0 Å². The normalized spacial score (nSPS) is 15.4. The zero-order valence-corrected chi connectivity index (χ0v) is 16.3. The molecule has 0 bridgehead atoms. The highest BCUT2D eigenvalue weighted by molar-refractivity contribution is 7.13. The molecule has 0 saturated carbocycles. The van der Waals surface area contributed by atoms with Crippen LogP contribution in [0.15, 0.2) is 17.5 Å². The molecular formula is C17H22N4O2S2. The van der Waals surface area contributed by atoms with Crippen LogP contribution in [0.4, 0.5) is 0 Å². The monoisotopic (exact) mass is 378 g/mol. The van der Waals surface area contributed by atoms with E-state index in [9.17, 15) is 9.59 Å². The fraction of sp³-hybridized carbons (Fsp3) is 0.471. The number of piperazine rings is 1. The van der Waals surface area contributed by atoms with Gasteiger partial charge < -0.3 is 9.80 Å². The second-order valence-electron chi connectivity index (χ2n) is 6.27. The maximum atomic E-state index is 12.4. The summed E-state index contributed by atoms with van der Waals surface area (Å²) < 4.78 is 0. The highest BCUT2D eigenvalue weighted by Crippen LogP contribution is 2.22.